The molecule has 1 fully saturated rings. The number of para-hydroxylation sites is 1. The van der Waals surface area contributed by atoms with Crippen molar-refractivity contribution in [3.8, 4) is 0 Å². The molecular formula is C20H19FN2O3S. The maximum absolute atomic E-state index is 12.9. The van der Waals surface area contributed by atoms with E-state index in [9.17, 15) is 18.8 Å². The zero-order valence-corrected chi connectivity index (χ0v) is 15.6. The first-order valence-electron chi connectivity index (χ1n) is 8.61. The summed E-state index contributed by atoms with van der Waals surface area (Å²) in [6.07, 6.45) is 0.788. The summed E-state index contributed by atoms with van der Waals surface area (Å²) in [5.41, 5.74) is 2.03. The average Bonchev–Trinajstić information content (AvgIpc) is 2.95. The molecular weight excluding hydrogens is 367 g/mol. The van der Waals surface area contributed by atoms with E-state index in [0.717, 1.165) is 17.3 Å². The summed E-state index contributed by atoms with van der Waals surface area (Å²) in [6, 6.07) is 12.8. The van der Waals surface area contributed by atoms with Gasteiger partial charge in [0.2, 0.25) is 17.7 Å². The molecule has 140 valence electrons. The number of hydrogen-bond donors (Lipinski definition) is 1. The Morgan fingerprint density at radius 3 is 2.59 bits per heavy atom. The molecule has 1 heterocycles. The minimum atomic E-state index is -0.582. The Balaban J connectivity index is 1.61. The molecule has 1 saturated heterocycles. The summed E-state index contributed by atoms with van der Waals surface area (Å²) in [7, 11) is 0. The molecule has 1 aliphatic rings. The summed E-state index contributed by atoms with van der Waals surface area (Å²) in [6.45, 7) is 1.97. The van der Waals surface area contributed by atoms with Crippen molar-refractivity contribution in [2.45, 2.75) is 25.0 Å². The Hall–Kier alpha value is -2.67. The molecule has 1 unspecified atom stereocenters. The van der Waals surface area contributed by atoms with Crippen molar-refractivity contribution < 1.29 is 18.8 Å². The fraction of sp³-hybridized carbons (Fsp3) is 0.250. The van der Waals surface area contributed by atoms with Gasteiger partial charge in [0.05, 0.1) is 16.7 Å². The molecule has 2 aromatic rings. The Morgan fingerprint density at radius 2 is 1.89 bits per heavy atom. The van der Waals surface area contributed by atoms with Crippen LogP contribution >= 0.6 is 11.8 Å². The number of benzene rings is 2. The molecule has 1 aliphatic heterocycles. The molecule has 0 aliphatic carbocycles. The van der Waals surface area contributed by atoms with Crippen molar-refractivity contribution in [2.75, 3.05) is 16.0 Å². The van der Waals surface area contributed by atoms with E-state index in [1.807, 2.05) is 19.1 Å². The predicted molar refractivity (Wildman–Crippen MR) is 104 cm³/mol. The van der Waals surface area contributed by atoms with Gasteiger partial charge in [0.15, 0.2) is 0 Å². The number of aryl methyl sites for hydroxylation is 1. The van der Waals surface area contributed by atoms with E-state index in [4.69, 9.17) is 0 Å². The molecule has 27 heavy (non-hydrogen) atoms. The fourth-order valence-electron chi connectivity index (χ4n) is 2.92. The van der Waals surface area contributed by atoms with Gasteiger partial charge in [-0.25, -0.2) is 9.29 Å². The van der Waals surface area contributed by atoms with Gasteiger partial charge in [0.1, 0.15) is 5.82 Å². The van der Waals surface area contributed by atoms with Crippen LogP contribution in [0.4, 0.5) is 15.8 Å². The van der Waals surface area contributed by atoms with E-state index >= 15 is 0 Å². The molecule has 1 atom stereocenters. The van der Waals surface area contributed by atoms with Crippen LogP contribution in [0.3, 0.4) is 0 Å². The van der Waals surface area contributed by atoms with Gasteiger partial charge in [-0.15, -0.1) is 11.8 Å². The van der Waals surface area contributed by atoms with Gasteiger partial charge in [-0.3, -0.25) is 14.4 Å². The monoisotopic (exact) mass is 386 g/mol. The number of imide groups is 1. The highest BCUT2D eigenvalue weighted by Gasteiger charge is 2.40. The number of nitrogens with zero attached hydrogens (tertiary/aromatic N) is 1. The molecule has 2 aromatic carbocycles. The number of rotatable bonds is 6. The second-order valence-electron chi connectivity index (χ2n) is 6.11. The van der Waals surface area contributed by atoms with Crippen LogP contribution in [0.5, 0.6) is 0 Å². The maximum Gasteiger partial charge on any atom is 0.247 e. The Kier molecular flexibility index (Phi) is 5.91. The molecule has 0 bridgehead atoms. The van der Waals surface area contributed by atoms with Gasteiger partial charge >= 0.3 is 0 Å². The summed E-state index contributed by atoms with van der Waals surface area (Å²) >= 11 is 1.14. The number of anilines is 2. The van der Waals surface area contributed by atoms with Crippen molar-refractivity contribution in [1.29, 1.82) is 0 Å². The number of thioether (sulfide) groups is 1. The molecule has 3 rings (SSSR count). The van der Waals surface area contributed by atoms with Crippen molar-refractivity contribution in [2.24, 2.45) is 0 Å². The topological polar surface area (TPSA) is 66.5 Å². The number of hydrogen-bond acceptors (Lipinski definition) is 4. The van der Waals surface area contributed by atoms with Crippen LogP contribution in [-0.4, -0.2) is 28.7 Å². The van der Waals surface area contributed by atoms with Crippen LogP contribution in [0.15, 0.2) is 48.5 Å². The van der Waals surface area contributed by atoms with Crippen LogP contribution in [0, 0.1) is 5.82 Å². The minimum absolute atomic E-state index is 0.0321. The van der Waals surface area contributed by atoms with Gasteiger partial charge in [-0.1, -0.05) is 25.1 Å². The van der Waals surface area contributed by atoms with Gasteiger partial charge in [-0.05, 0) is 42.3 Å². The van der Waals surface area contributed by atoms with Crippen LogP contribution in [-0.2, 0) is 20.8 Å². The summed E-state index contributed by atoms with van der Waals surface area (Å²) in [5.74, 6) is -1.20. The van der Waals surface area contributed by atoms with Crippen LogP contribution in [0.1, 0.15) is 18.9 Å². The first-order chi connectivity index (χ1) is 13.0. The number of carbonyl (C=O) groups excluding carboxylic acids is 3. The van der Waals surface area contributed by atoms with E-state index in [1.54, 1.807) is 12.1 Å². The van der Waals surface area contributed by atoms with Gasteiger partial charge in [-0.2, -0.15) is 0 Å². The SMILES string of the molecule is CCc1ccccc1N1C(=O)CC(SCC(=O)Nc2ccc(F)cc2)C1=O. The molecule has 0 radical (unpaired) electrons. The second-order valence-corrected chi connectivity index (χ2v) is 7.30. The van der Waals surface area contributed by atoms with Crippen LogP contribution in [0.2, 0.25) is 0 Å². The largest absolute Gasteiger partial charge is 0.325 e. The standard InChI is InChI=1S/C20H19FN2O3S/c1-2-13-5-3-4-6-16(13)23-19(25)11-17(20(23)26)27-12-18(24)22-15-9-7-14(21)8-10-15/h3-10,17H,2,11-12H2,1H3,(H,22,24). The zero-order valence-electron chi connectivity index (χ0n) is 14.8. The lowest BCUT2D eigenvalue weighted by Crippen LogP contribution is -2.32. The molecule has 7 heteroatoms. The number of carbonyl (C=O) groups is 3. The maximum atomic E-state index is 12.9. The summed E-state index contributed by atoms with van der Waals surface area (Å²) in [5, 5.41) is 2.06. The molecule has 0 aromatic heterocycles. The van der Waals surface area contributed by atoms with Gasteiger partial charge in [0.25, 0.3) is 0 Å². The van der Waals surface area contributed by atoms with E-state index in [1.165, 1.54) is 29.2 Å². The third-order valence-electron chi connectivity index (χ3n) is 4.26. The van der Waals surface area contributed by atoms with Crippen LogP contribution < -0.4 is 10.2 Å². The normalized spacial score (nSPS) is 16.7. The highest BCUT2D eigenvalue weighted by Crippen LogP contribution is 2.31. The Labute approximate surface area is 160 Å². The molecule has 5 nitrogen and oxygen atoms in total. The van der Waals surface area contributed by atoms with Crippen LogP contribution in [0.25, 0.3) is 0 Å². The number of nitrogens with one attached hydrogen (secondary N) is 1. The van der Waals surface area contributed by atoms with E-state index in [0.29, 0.717) is 17.8 Å². The summed E-state index contributed by atoms with van der Waals surface area (Å²) < 4.78 is 12.9. The number of halogens is 1. The van der Waals surface area contributed by atoms with Crippen molar-refractivity contribution >= 4 is 40.9 Å². The quantitative estimate of drug-likeness (QED) is 0.773. The van der Waals surface area contributed by atoms with Crippen molar-refractivity contribution in [1.82, 2.24) is 0 Å². The van der Waals surface area contributed by atoms with Crippen molar-refractivity contribution in [3.63, 3.8) is 0 Å². The first-order valence-corrected chi connectivity index (χ1v) is 9.66. The predicted octanol–water partition coefficient (Wildman–Crippen LogP) is 3.39. The Morgan fingerprint density at radius 1 is 1.19 bits per heavy atom. The third-order valence-corrected chi connectivity index (χ3v) is 5.46. The zero-order chi connectivity index (χ0) is 19.4. The second kappa shape index (κ2) is 8.35. The molecule has 0 spiro atoms. The van der Waals surface area contributed by atoms with E-state index in [2.05, 4.69) is 5.32 Å². The lowest BCUT2D eigenvalue weighted by Gasteiger charge is -2.18. The minimum Gasteiger partial charge on any atom is -0.325 e. The van der Waals surface area contributed by atoms with Gasteiger partial charge in [0, 0.05) is 12.1 Å². The molecule has 0 saturated carbocycles. The summed E-state index contributed by atoms with van der Waals surface area (Å²) in [4.78, 5) is 38.4. The highest BCUT2D eigenvalue weighted by molar-refractivity contribution is 8.01. The molecule has 1 N–H and O–H groups in total. The van der Waals surface area contributed by atoms with Gasteiger partial charge < -0.3 is 5.32 Å². The number of amides is 3. The van der Waals surface area contributed by atoms with E-state index in [-0.39, 0.29) is 35.7 Å². The Bertz CT molecular complexity index is 870. The smallest absolute Gasteiger partial charge is 0.247 e. The third kappa shape index (κ3) is 4.36. The first kappa shape index (κ1) is 19.1. The molecule has 3 amide bonds. The average molecular weight is 386 g/mol. The lowest BCUT2D eigenvalue weighted by molar-refractivity contribution is -0.121. The lowest BCUT2D eigenvalue weighted by atomic mass is 10.1. The van der Waals surface area contributed by atoms with E-state index < -0.39 is 5.25 Å². The fourth-order valence-corrected chi connectivity index (χ4v) is 3.86. The highest BCUT2D eigenvalue weighted by atomic mass is 32.2. The van der Waals surface area contributed by atoms with Crippen molar-refractivity contribution in [3.05, 3.63) is 59.9 Å².